The molecule has 0 saturated heterocycles. The molecule has 1 fully saturated rings. The first-order chi connectivity index (χ1) is 7.88. The number of anilines is 1. The molecule has 2 heteroatoms. The fourth-order valence-corrected chi connectivity index (χ4v) is 2.58. The zero-order chi connectivity index (χ0) is 11.2. The van der Waals surface area contributed by atoms with Crippen LogP contribution in [-0.2, 0) is 6.42 Å². The quantitative estimate of drug-likeness (QED) is 0.774. The molecule has 0 radical (unpaired) electrons. The summed E-state index contributed by atoms with van der Waals surface area (Å²) in [6, 6.07) is 9.39. The van der Waals surface area contributed by atoms with Crippen LogP contribution in [0.5, 0.6) is 0 Å². The number of nitrogens with one attached hydrogen (secondary N) is 1. The molecule has 88 valence electrons. The topological polar surface area (TPSA) is 12.0 Å². The summed E-state index contributed by atoms with van der Waals surface area (Å²) in [6.45, 7) is 0. The second-order valence-corrected chi connectivity index (χ2v) is 4.99. The summed E-state index contributed by atoms with van der Waals surface area (Å²) in [5, 5.41) is 3.62. The van der Waals surface area contributed by atoms with Crippen LogP contribution in [0, 0.1) is 0 Å². The first-order valence-corrected chi connectivity index (χ1v) is 6.83. The highest BCUT2D eigenvalue weighted by Crippen LogP contribution is 2.21. The van der Waals surface area contributed by atoms with E-state index in [4.69, 9.17) is 11.6 Å². The third kappa shape index (κ3) is 3.41. The summed E-state index contributed by atoms with van der Waals surface area (Å²) in [5.41, 5.74) is 2.58. The molecule has 1 N–H and O–H groups in total. The molecule has 1 aliphatic rings. The van der Waals surface area contributed by atoms with Gasteiger partial charge < -0.3 is 5.32 Å². The van der Waals surface area contributed by atoms with Crippen molar-refractivity contribution in [2.75, 3.05) is 11.2 Å². The third-order valence-corrected chi connectivity index (χ3v) is 3.50. The zero-order valence-electron chi connectivity index (χ0n) is 9.71. The highest BCUT2D eigenvalue weighted by molar-refractivity contribution is 6.17. The lowest BCUT2D eigenvalue weighted by molar-refractivity contribution is 0.463. The molecule has 2 rings (SSSR count). The molecule has 0 bridgehead atoms. The monoisotopic (exact) mass is 237 g/mol. The Morgan fingerprint density at radius 3 is 2.38 bits per heavy atom. The Labute approximate surface area is 103 Å². The van der Waals surface area contributed by atoms with Crippen LogP contribution in [0.15, 0.2) is 24.3 Å². The predicted molar refractivity (Wildman–Crippen MR) is 71.4 cm³/mol. The van der Waals surface area contributed by atoms with Gasteiger partial charge in [0.05, 0.1) is 0 Å². The normalized spacial score (nSPS) is 17.3. The average Bonchev–Trinajstić information content (AvgIpc) is 2.33. The number of rotatable bonds is 4. The Hall–Kier alpha value is -0.690. The Balaban J connectivity index is 1.88. The SMILES string of the molecule is ClCCc1ccc(NC2CCCCC2)cc1. The molecule has 1 aliphatic carbocycles. The molecule has 1 aromatic carbocycles. The minimum absolute atomic E-state index is 0.688. The van der Waals surface area contributed by atoms with E-state index in [2.05, 4.69) is 29.6 Å². The summed E-state index contributed by atoms with van der Waals surface area (Å²) >= 11 is 5.72. The van der Waals surface area contributed by atoms with E-state index in [1.54, 1.807) is 0 Å². The van der Waals surface area contributed by atoms with E-state index in [0.29, 0.717) is 11.9 Å². The second-order valence-electron chi connectivity index (χ2n) is 4.62. The molecule has 0 aromatic heterocycles. The lowest BCUT2D eigenvalue weighted by atomic mass is 9.95. The largest absolute Gasteiger partial charge is 0.382 e. The van der Waals surface area contributed by atoms with Gasteiger partial charge in [-0.1, -0.05) is 31.4 Å². The minimum atomic E-state index is 0.688. The fraction of sp³-hybridized carbons (Fsp3) is 0.571. The molecule has 16 heavy (non-hydrogen) atoms. The summed E-state index contributed by atoms with van der Waals surface area (Å²) < 4.78 is 0. The van der Waals surface area contributed by atoms with Crippen LogP contribution in [0.4, 0.5) is 5.69 Å². The van der Waals surface area contributed by atoms with Gasteiger partial charge in [0.15, 0.2) is 0 Å². The van der Waals surface area contributed by atoms with Crippen molar-refractivity contribution in [1.82, 2.24) is 0 Å². The van der Waals surface area contributed by atoms with Crippen LogP contribution in [-0.4, -0.2) is 11.9 Å². The van der Waals surface area contributed by atoms with Crippen LogP contribution in [0.3, 0.4) is 0 Å². The Morgan fingerprint density at radius 2 is 1.75 bits per heavy atom. The Morgan fingerprint density at radius 1 is 1.06 bits per heavy atom. The first kappa shape index (κ1) is 11.8. The summed E-state index contributed by atoms with van der Waals surface area (Å²) in [4.78, 5) is 0. The standard InChI is InChI=1S/C14H20ClN/c15-11-10-12-6-8-14(9-7-12)16-13-4-2-1-3-5-13/h6-9,13,16H,1-5,10-11H2. The molecule has 0 aliphatic heterocycles. The highest BCUT2D eigenvalue weighted by atomic mass is 35.5. The lowest BCUT2D eigenvalue weighted by Gasteiger charge is -2.23. The van der Waals surface area contributed by atoms with Crippen molar-refractivity contribution < 1.29 is 0 Å². The van der Waals surface area contributed by atoms with Crippen LogP contribution in [0.25, 0.3) is 0 Å². The van der Waals surface area contributed by atoms with Gasteiger partial charge >= 0.3 is 0 Å². The van der Waals surface area contributed by atoms with Gasteiger partial charge in [0.1, 0.15) is 0 Å². The zero-order valence-corrected chi connectivity index (χ0v) is 10.5. The van der Waals surface area contributed by atoms with E-state index in [1.165, 1.54) is 43.4 Å². The second kappa shape index (κ2) is 6.15. The van der Waals surface area contributed by atoms with Crippen molar-refractivity contribution in [3.8, 4) is 0 Å². The van der Waals surface area contributed by atoms with Crippen LogP contribution in [0.2, 0.25) is 0 Å². The van der Waals surface area contributed by atoms with Gasteiger partial charge in [-0.2, -0.15) is 0 Å². The minimum Gasteiger partial charge on any atom is -0.382 e. The van der Waals surface area contributed by atoms with Crippen molar-refractivity contribution in [3.63, 3.8) is 0 Å². The molecular formula is C14H20ClN. The van der Waals surface area contributed by atoms with Gasteiger partial charge in [-0.05, 0) is 37.0 Å². The number of alkyl halides is 1. The summed E-state index contributed by atoms with van der Waals surface area (Å²) in [5.74, 6) is 0.704. The van der Waals surface area contributed by atoms with Gasteiger partial charge in [-0.15, -0.1) is 11.6 Å². The number of benzene rings is 1. The smallest absolute Gasteiger partial charge is 0.0342 e. The lowest BCUT2D eigenvalue weighted by Crippen LogP contribution is -2.22. The molecule has 0 heterocycles. The molecule has 0 amide bonds. The fourth-order valence-electron chi connectivity index (χ4n) is 2.36. The number of aryl methyl sites for hydroxylation is 1. The van der Waals surface area contributed by atoms with Gasteiger partial charge in [0.25, 0.3) is 0 Å². The van der Waals surface area contributed by atoms with E-state index in [-0.39, 0.29) is 0 Å². The molecule has 1 nitrogen and oxygen atoms in total. The summed E-state index contributed by atoms with van der Waals surface area (Å²) in [6.07, 6.45) is 7.77. The van der Waals surface area contributed by atoms with Crippen molar-refractivity contribution in [2.24, 2.45) is 0 Å². The van der Waals surface area contributed by atoms with Crippen molar-refractivity contribution in [3.05, 3.63) is 29.8 Å². The molecule has 1 aromatic rings. The predicted octanol–water partition coefficient (Wildman–Crippen LogP) is 4.21. The average molecular weight is 238 g/mol. The van der Waals surface area contributed by atoms with E-state index < -0.39 is 0 Å². The molecular weight excluding hydrogens is 218 g/mol. The van der Waals surface area contributed by atoms with E-state index >= 15 is 0 Å². The Kier molecular flexibility index (Phi) is 4.53. The van der Waals surface area contributed by atoms with E-state index in [0.717, 1.165) is 6.42 Å². The van der Waals surface area contributed by atoms with Crippen LogP contribution in [0.1, 0.15) is 37.7 Å². The number of hydrogen-bond donors (Lipinski definition) is 1. The third-order valence-electron chi connectivity index (χ3n) is 3.31. The van der Waals surface area contributed by atoms with Gasteiger partial charge in [-0.3, -0.25) is 0 Å². The van der Waals surface area contributed by atoms with Gasteiger partial charge in [0, 0.05) is 17.6 Å². The van der Waals surface area contributed by atoms with Gasteiger partial charge in [-0.25, -0.2) is 0 Å². The van der Waals surface area contributed by atoms with Gasteiger partial charge in [0.2, 0.25) is 0 Å². The van der Waals surface area contributed by atoms with E-state index in [1.807, 2.05) is 0 Å². The maximum absolute atomic E-state index is 5.72. The molecule has 0 spiro atoms. The highest BCUT2D eigenvalue weighted by Gasteiger charge is 2.12. The van der Waals surface area contributed by atoms with Crippen molar-refractivity contribution in [2.45, 2.75) is 44.6 Å². The maximum atomic E-state index is 5.72. The molecule has 0 unspecified atom stereocenters. The number of hydrogen-bond acceptors (Lipinski definition) is 1. The first-order valence-electron chi connectivity index (χ1n) is 6.30. The maximum Gasteiger partial charge on any atom is 0.0342 e. The molecule has 0 atom stereocenters. The summed E-state index contributed by atoms with van der Waals surface area (Å²) in [7, 11) is 0. The molecule has 1 saturated carbocycles. The van der Waals surface area contributed by atoms with Crippen LogP contribution >= 0.6 is 11.6 Å². The van der Waals surface area contributed by atoms with Crippen molar-refractivity contribution >= 4 is 17.3 Å². The van der Waals surface area contributed by atoms with Crippen LogP contribution < -0.4 is 5.32 Å². The Bertz CT molecular complexity index is 301. The van der Waals surface area contributed by atoms with E-state index in [9.17, 15) is 0 Å². The van der Waals surface area contributed by atoms with Crippen molar-refractivity contribution in [1.29, 1.82) is 0 Å². The number of halogens is 1.